The second kappa shape index (κ2) is 6.77. The summed E-state index contributed by atoms with van der Waals surface area (Å²) < 4.78 is 5.91. The third-order valence-electron chi connectivity index (χ3n) is 2.85. The van der Waals surface area contributed by atoms with Crippen LogP contribution in [0.1, 0.15) is 37.0 Å². The SMILES string of the molecule is Cc1csc(COc2ccc(Cl)cc2CNC(C)(C)C)n1. The molecule has 0 atom stereocenters. The smallest absolute Gasteiger partial charge is 0.140 e. The molecule has 1 aromatic heterocycles. The van der Waals surface area contributed by atoms with Gasteiger partial charge in [-0.25, -0.2) is 4.98 Å². The summed E-state index contributed by atoms with van der Waals surface area (Å²) in [5, 5.41) is 7.19. The molecule has 0 unspecified atom stereocenters. The molecule has 1 N–H and O–H groups in total. The summed E-state index contributed by atoms with van der Waals surface area (Å²) >= 11 is 7.71. The van der Waals surface area contributed by atoms with E-state index in [9.17, 15) is 0 Å². The van der Waals surface area contributed by atoms with Crippen LogP contribution in [0.15, 0.2) is 23.6 Å². The van der Waals surface area contributed by atoms with Gasteiger partial charge in [-0.05, 0) is 45.9 Å². The molecular formula is C16H21ClN2OS. The van der Waals surface area contributed by atoms with Gasteiger partial charge in [0.2, 0.25) is 0 Å². The van der Waals surface area contributed by atoms with Crippen molar-refractivity contribution >= 4 is 22.9 Å². The Balaban J connectivity index is 2.07. The number of halogens is 1. The molecule has 0 aliphatic rings. The fraction of sp³-hybridized carbons (Fsp3) is 0.438. The van der Waals surface area contributed by atoms with E-state index in [1.54, 1.807) is 11.3 Å². The molecule has 2 aromatic rings. The van der Waals surface area contributed by atoms with Crippen molar-refractivity contribution in [3.63, 3.8) is 0 Å². The number of nitrogens with one attached hydrogen (secondary N) is 1. The lowest BCUT2D eigenvalue weighted by Gasteiger charge is -2.21. The summed E-state index contributed by atoms with van der Waals surface area (Å²) in [6.45, 7) is 9.60. The maximum absolute atomic E-state index is 6.09. The van der Waals surface area contributed by atoms with E-state index in [-0.39, 0.29) is 5.54 Å². The Hall–Kier alpha value is -1.10. The molecule has 0 aliphatic carbocycles. The molecule has 21 heavy (non-hydrogen) atoms. The standard InChI is InChI=1S/C16H21ClN2OS/c1-11-10-21-15(19-11)9-20-14-6-5-13(17)7-12(14)8-18-16(2,3)4/h5-7,10,18H,8-9H2,1-4H3. The van der Waals surface area contributed by atoms with Gasteiger partial charge in [-0.3, -0.25) is 0 Å². The van der Waals surface area contributed by atoms with E-state index in [1.165, 1.54) is 0 Å². The van der Waals surface area contributed by atoms with Crippen LogP contribution < -0.4 is 10.1 Å². The van der Waals surface area contributed by atoms with Crippen LogP contribution in [0.2, 0.25) is 5.02 Å². The van der Waals surface area contributed by atoms with E-state index in [1.807, 2.05) is 30.5 Å². The summed E-state index contributed by atoms with van der Waals surface area (Å²) in [7, 11) is 0. The Morgan fingerprint density at radius 2 is 2.10 bits per heavy atom. The second-order valence-corrected chi connectivity index (χ2v) is 7.41. The van der Waals surface area contributed by atoms with Gasteiger partial charge in [0, 0.05) is 33.7 Å². The molecule has 0 radical (unpaired) electrons. The minimum atomic E-state index is 0.0476. The highest BCUT2D eigenvalue weighted by molar-refractivity contribution is 7.09. The largest absolute Gasteiger partial charge is 0.486 e. The van der Waals surface area contributed by atoms with E-state index in [0.29, 0.717) is 6.61 Å². The maximum atomic E-state index is 6.09. The molecule has 0 amide bonds. The number of hydrogen-bond acceptors (Lipinski definition) is 4. The minimum Gasteiger partial charge on any atom is -0.486 e. The number of thiazole rings is 1. The first-order chi connectivity index (χ1) is 9.83. The zero-order valence-corrected chi connectivity index (χ0v) is 14.4. The molecule has 0 fully saturated rings. The topological polar surface area (TPSA) is 34.1 Å². The first-order valence-electron chi connectivity index (χ1n) is 6.91. The number of benzene rings is 1. The Morgan fingerprint density at radius 3 is 2.71 bits per heavy atom. The van der Waals surface area contributed by atoms with Gasteiger partial charge in [-0.1, -0.05) is 11.6 Å². The quantitative estimate of drug-likeness (QED) is 0.874. The predicted octanol–water partition coefficient (Wildman–Crippen LogP) is 4.57. The van der Waals surface area contributed by atoms with Gasteiger partial charge < -0.3 is 10.1 Å². The van der Waals surface area contributed by atoms with Crippen molar-refractivity contribution in [2.75, 3.05) is 0 Å². The molecule has 2 rings (SSSR count). The summed E-state index contributed by atoms with van der Waals surface area (Å²) in [4.78, 5) is 4.41. The van der Waals surface area contributed by atoms with Crippen LogP contribution in [0.25, 0.3) is 0 Å². The summed E-state index contributed by atoms with van der Waals surface area (Å²) in [5.74, 6) is 0.851. The van der Waals surface area contributed by atoms with Gasteiger partial charge in [0.15, 0.2) is 0 Å². The molecule has 0 spiro atoms. The lowest BCUT2D eigenvalue weighted by atomic mass is 10.1. The first kappa shape index (κ1) is 16.3. The highest BCUT2D eigenvalue weighted by Gasteiger charge is 2.12. The van der Waals surface area contributed by atoms with Crippen molar-refractivity contribution < 1.29 is 4.74 Å². The van der Waals surface area contributed by atoms with Crippen molar-refractivity contribution in [1.82, 2.24) is 10.3 Å². The number of rotatable bonds is 5. The fourth-order valence-corrected chi connectivity index (χ4v) is 2.67. The number of aryl methyl sites for hydroxylation is 1. The third-order valence-corrected chi connectivity index (χ3v) is 4.02. The maximum Gasteiger partial charge on any atom is 0.140 e. The van der Waals surface area contributed by atoms with Crippen molar-refractivity contribution in [2.45, 2.75) is 46.4 Å². The highest BCUT2D eigenvalue weighted by Crippen LogP contribution is 2.25. The van der Waals surface area contributed by atoms with E-state index in [4.69, 9.17) is 16.3 Å². The molecule has 5 heteroatoms. The van der Waals surface area contributed by atoms with E-state index < -0.39 is 0 Å². The van der Waals surface area contributed by atoms with Crippen LogP contribution >= 0.6 is 22.9 Å². The van der Waals surface area contributed by atoms with Crippen molar-refractivity contribution in [3.8, 4) is 5.75 Å². The van der Waals surface area contributed by atoms with Crippen LogP contribution in [-0.4, -0.2) is 10.5 Å². The minimum absolute atomic E-state index is 0.0476. The lowest BCUT2D eigenvalue weighted by molar-refractivity contribution is 0.299. The normalized spacial score (nSPS) is 11.7. The van der Waals surface area contributed by atoms with Gasteiger partial charge in [-0.15, -0.1) is 11.3 Å². The van der Waals surface area contributed by atoms with E-state index in [0.717, 1.165) is 33.6 Å². The van der Waals surface area contributed by atoms with Crippen LogP contribution in [-0.2, 0) is 13.2 Å². The molecule has 0 saturated carbocycles. The molecule has 1 heterocycles. The van der Waals surface area contributed by atoms with Gasteiger partial charge in [-0.2, -0.15) is 0 Å². The average Bonchev–Trinajstić information content (AvgIpc) is 2.80. The first-order valence-corrected chi connectivity index (χ1v) is 8.16. The van der Waals surface area contributed by atoms with Crippen molar-refractivity contribution in [1.29, 1.82) is 0 Å². The Morgan fingerprint density at radius 1 is 1.33 bits per heavy atom. The monoisotopic (exact) mass is 324 g/mol. The molecule has 0 bridgehead atoms. The summed E-state index contributed by atoms with van der Waals surface area (Å²) in [6, 6.07) is 5.72. The van der Waals surface area contributed by atoms with Crippen LogP contribution in [0.3, 0.4) is 0 Å². The average molecular weight is 325 g/mol. The van der Waals surface area contributed by atoms with Gasteiger partial charge in [0.25, 0.3) is 0 Å². The summed E-state index contributed by atoms with van der Waals surface area (Å²) in [5.41, 5.74) is 2.14. The Labute approximate surface area is 135 Å². The number of nitrogens with zero attached hydrogens (tertiary/aromatic N) is 1. The molecule has 0 aliphatic heterocycles. The van der Waals surface area contributed by atoms with Gasteiger partial charge in [0.05, 0.1) is 0 Å². The van der Waals surface area contributed by atoms with Gasteiger partial charge in [0.1, 0.15) is 17.4 Å². The molecule has 0 saturated heterocycles. The Kier molecular flexibility index (Phi) is 5.25. The van der Waals surface area contributed by atoms with E-state index >= 15 is 0 Å². The molecule has 114 valence electrons. The molecule has 1 aromatic carbocycles. The molecule has 3 nitrogen and oxygen atoms in total. The van der Waals surface area contributed by atoms with Crippen LogP contribution in [0, 0.1) is 6.92 Å². The number of hydrogen-bond donors (Lipinski definition) is 1. The number of aromatic nitrogens is 1. The fourth-order valence-electron chi connectivity index (χ4n) is 1.80. The third kappa shape index (κ3) is 5.30. The zero-order valence-electron chi connectivity index (χ0n) is 12.9. The van der Waals surface area contributed by atoms with Gasteiger partial charge >= 0.3 is 0 Å². The zero-order chi connectivity index (χ0) is 15.5. The summed E-state index contributed by atoms with van der Waals surface area (Å²) in [6.07, 6.45) is 0. The molecular weight excluding hydrogens is 304 g/mol. The second-order valence-electron chi connectivity index (χ2n) is 6.03. The van der Waals surface area contributed by atoms with Crippen molar-refractivity contribution in [3.05, 3.63) is 44.9 Å². The van der Waals surface area contributed by atoms with Crippen LogP contribution in [0.4, 0.5) is 0 Å². The predicted molar refractivity (Wildman–Crippen MR) is 89.2 cm³/mol. The van der Waals surface area contributed by atoms with Crippen LogP contribution in [0.5, 0.6) is 5.75 Å². The number of ether oxygens (including phenoxy) is 1. The van der Waals surface area contributed by atoms with E-state index in [2.05, 4.69) is 31.1 Å². The highest BCUT2D eigenvalue weighted by atomic mass is 35.5. The lowest BCUT2D eigenvalue weighted by Crippen LogP contribution is -2.35. The van der Waals surface area contributed by atoms with Crippen molar-refractivity contribution in [2.24, 2.45) is 0 Å². The Bertz CT molecular complexity index is 605.